The van der Waals surface area contributed by atoms with Crippen LogP contribution in [0.25, 0.3) is 0 Å². The minimum absolute atomic E-state index is 0.00866. The molecular formula is C17H17NOS2. The third kappa shape index (κ3) is 3.27. The Bertz CT molecular complexity index is 639. The topological polar surface area (TPSA) is 29.1 Å². The first-order valence-electron chi connectivity index (χ1n) is 6.94. The lowest BCUT2D eigenvalue weighted by atomic mass is 10.0. The Kier molecular flexibility index (Phi) is 4.56. The van der Waals surface area contributed by atoms with Gasteiger partial charge in [-0.3, -0.25) is 4.79 Å². The molecule has 4 heteroatoms. The maximum absolute atomic E-state index is 12.4. The van der Waals surface area contributed by atoms with E-state index in [-0.39, 0.29) is 11.9 Å². The van der Waals surface area contributed by atoms with Crippen molar-refractivity contribution in [3.63, 3.8) is 0 Å². The minimum atomic E-state index is 0.00866. The number of hydrogen-bond acceptors (Lipinski definition) is 3. The number of nitrogens with one attached hydrogen (secondary N) is 1. The first-order valence-corrected chi connectivity index (χ1v) is 9.15. The Hall–Kier alpha value is -1.39. The highest BCUT2D eigenvalue weighted by Crippen LogP contribution is 2.35. The highest BCUT2D eigenvalue weighted by atomic mass is 32.2. The molecule has 0 saturated heterocycles. The maximum atomic E-state index is 12.4. The van der Waals surface area contributed by atoms with Crippen molar-refractivity contribution in [2.24, 2.45) is 0 Å². The van der Waals surface area contributed by atoms with Gasteiger partial charge in [0.2, 0.25) is 0 Å². The molecule has 0 saturated carbocycles. The fourth-order valence-electron chi connectivity index (χ4n) is 2.48. The largest absolute Gasteiger partial charge is 0.345 e. The number of rotatable bonds is 3. The summed E-state index contributed by atoms with van der Waals surface area (Å²) in [6.45, 7) is 0. The van der Waals surface area contributed by atoms with E-state index in [1.165, 1.54) is 15.4 Å². The van der Waals surface area contributed by atoms with Gasteiger partial charge in [-0.2, -0.15) is 0 Å². The van der Waals surface area contributed by atoms with Gasteiger partial charge in [0.25, 0.3) is 5.91 Å². The van der Waals surface area contributed by atoms with Crippen LogP contribution in [-0.4, -0.2) is 17.9 Å². The monoisotopic (exact) mass is 315 g/mol. The van der Waals surface area contributed by atoms with Gasteiger partial charge in [-0.15, -0.1) is 23.5 Å². The molecular weight excluding hydrogens is 298 g/mol. The number of benzene rings is 2. The van der Waals surface area contributed by atoms with Gasteiger partial charge in [0, 0.05) is 21.1 Å². The second kappa shape index (κ2) is 6.58. The van der Waals surface area contributed by atoms with Gasteiger partial charge in [-0.25, -0.2) is 0 Å². The van der Waals surface area contributed by atoms with Crippen molar-refractivity contribution in [3.05, 3.63) is 59.7 Å². The van der Waals surface area contributed by atoms with Gasteiger partial charge in [0.1, 0.15) is 0 Å². The van der Waals surface area contributed by atoms with Gasteiger partial charge in [0.15, 0.2) is 0 Å². The smallest absolute Gasteiger partial charge is 0.251 e. The van der Waals surface area contributed by atoms with Gasteiger partial charge in [0.05, 0.1) is 6.04 Å². The number of amides is 1. The molecule has 21 heavy (non-hydrogen) atoms. The summed E-state index contributed by atoms with van der Waals surface area (Å²) < 4.78 is 0. The van der Waals surface area contributed by atoms with Crippen molar-refractivity contribution >= 4 is 29.4 Å². The lowest BCUT2D eigenvalue weighted by Crippen LogP contribution is -2.30. The average molecular weight is 315 g/mol. The van der Waals surface area contributed by atoms with Crippen molar-refractivity contribution in [2.75, 3.05) is 12.0 Å². The second-order valence-electron chi connectivity index (χ2n) is 4.93. The summed E-state index contributed by atoms with van der Waals surface area (Å²) >= 11 is 3.55. The van der Waals surface area contributed by atoms with E-state index in [0.717, 1.165) is 17.7 Å². The zero-order valence-corrected chi connectivity index (χ0v) is 13.5. The van der Waals surface area contributed by atoms with E-state index in [2.05, 4.69) is 23.5 Å². The lowest BCUT2D eigenvalue weighted by Gasteiger charge is -2.25. The molecule has 2 aromatic rings. The molecule has 1 amide bonds. The van der Waals surface area contributed by atoms with E-state index in [4.69, 9.17) is 0 Å². The van der Waals surface area contributed by atoms with Gasteiger partial charge < -0.3 is 5.32 Å². The summed E-state index contributed by atoms with van der Waals surface area (Å²) in [5, 5.41) is 3.17. The van der Waals surface area contributed by atoms with Gasteiger partial charge in [-0.05, 0) is 48.6 Å². The molecule has 0 unspecified atom stereocenters. The minimum Gasteiger partial charge on any atom is -0.345 e. The fraction of sp³-hybridized carbons (Fsp3) is 0.235. The van der Waals surface area contributed by atoms with Crippen LogP contribution in [0.3, 0.4) is 0 Å². The molecule has 0 bridgehead atoms. The van der Waals surface area contributed by atoms with Crippen molar-refractivity contribution in [3.8, 4) is 0 Å². The Morgan fingerprint density at radius 3 is 2.71 bits per heavy atom. The Morgan fingerprint density at radius 2 is 1.95 bits per heavy atom. The molecule has 1 aliphatic rings. The zero-order chi connectivity index (χ0) is 14.7. The third-order valence-electron chi connectivity index (χ3n) is 3.62. The van der Waals surface area contributed by atoms with Crippen LogP contribution in [0.15, 0.2) is 58.3 Å². The van der Waals surface area contributed by atoms with E-state index in [1.807, 2.05) is 48.3 Å². The predicted molar refractivity (Wildman–Crippen MR) is 90.2 cm³/mol. The molecule has 0 fully saturated rings. The summed E-state index contributed by atoms with van der Waals surface area (Å²) in [7, 11) is 0. The molecule has 2 aromatic carbocycles. The highest BCUT2D eigenvalue weighted by Gasteiger charge is 2.22. The van der Waals surface area contributed by atoms with Crippen LogP contribution in [-0.2, 0) is 0 Å². The molecule has 0 spiro atoms. The lowest BCUT2D eigenvalue weighted by molar-refractivity contribution is 0.0935. The van der Waals surface area contributed by atoms with Crippen LogP contribution in [0.4, 0.5) is 0 Å². The SMILES string of the molecule is CSc1ccc(C(=O)N[C@@H]2CCSc3ccccc32)cc1. The Morgan fingerprint density at radius 1 is 1.19 bits per heavy atom. The third-order valence-corrected chi connectivity index (χ3v) is 5.48. The van der Waals surface area contributed by atoms with Crippen LogP contribution in [0, 0.1) is 0 Å². The number of thioether (sulfide) groups is 2. The molecule has 1 aliphatic heterocycles. The van der Waals surface area contributed by atoms with Crippen molar-refractivity contribution < 1.29 is 4.79 Å². The first kappa shape index (κ1) is 14.5. The molecule has 3 rings (SSSR count). The van der Waals surface area contributed by atoms with Crippen LogP contribution in [0.5, 0.6) is 0 Å². The van der Waals surface area contributed by atoms with Crippen molar-refractivity contribution in [1.82, 2.24) is 5.32 Å². The highest BCUT2D eigenvalue weighted by molar-refractivity contribution is 7.99. The van der Waals surface area contributed by atoms with Crippen LogP contribution >= 0.6 is 23.5 Å². The standard InChI is InChI=1S/C17H17NOS2/c1-20-13-8-6-12(7-9-13)17(19)18-15-10-11-21-16-5-3-2-4-14(15)16/h2-9,15H,10-11H2,1H3,(H,18,19)/t15-/m1/s1. The van der Waals surface area contributed by atoms with Crippen molar-refractivity contribution in [1.29, 1.82) is 0 Å². The summed E-state index contributed by atoms with van der Waals surface area (Å²) in [5.41, 5.74) is 1.96. The molecule has 108 valence electrons. The summed E-state index contributed by atoms with van der Waals surface area (Å²) in [5.74, 6) is 1.06. The quantitative estimate of drug-likeness (QED) is 0.853. The summed E-state index contributed by atoms with van der Waals surface area (Å²) in [6.07, 6.45) is 3.02. The van der Waals surface area contributed by atoms with E-state index >= 15 is 0 Å². The van der Waals surface area contributed by atoms with E-state index in [0.29, 0.717) is 0 Å². The van der Waals surface area contributed by atoms with Crippen molar-refractivity contribution in [2.45, 2.75) is 22.3 Å². The summed E-state index contributed by atoms with van der Waals surface area (Å²) in [6, 6.07) is 16.2. The Balaban J connectivity index is 1.76. The molecule has 1 N–H and O–H groups in total. The molecule has 1 heterocycles. The number of fused-ring (bicyclic) bond motifs is 1. The molecule has 1 atom stereocenters. The summed E-state index contributed by atoms with van der Waals surface area (Å²) in [4.78, 5) is 14.9. The van der Waals surface area contributed by atoms with E-state index in [9.17, 15) is 4.79 Å². The first-order chi connectivity index (χ1) is 10.3. The van der Waals surface area contributed by atoms with E-state index < -0.39 is 0 Å². The van der Waals surface area contributed by atoms with Crippen LogP contribution in [0.2, 0.25) is 0 Å². The number of carbonyl (C=O) groups excluding carboxylic acids is 1. The normalized spacial score (nSPS) is 17.1. The second-order valence-corrected chi connectivity index (χ2v) is 6.95. The van der Waals surface area contributed by atoms with Gasteiger partial charge >= 0.3 is 0 Å². The molecule has 0 aliphatic carbocycles. The number of carbonyl (C=O) groups is 1. The molecule has 0 radical (unpaired) electrons. The molecule has 2 nitrogen and oxygen atoms in total. The van der Waals surface area contributed by atoms with Crippen LogP contribution in [0.1, 0.15) is 28.4 Å². The van der Waals surface area contributed by atoms with Crippen LogP contribution < -0.4 is 5.32 Å². The Labute approximate surface area is 133 Å². The average Bonchev–Trinajstić information content (AvgIpc) is 2.55. The van der Waals surface area contributed by atoms with Gasteiger partial charge in [-0.1, -0.05) is 18.2 Å². The zero-order valence-electron chi connectivity index (χ0n) is 11.8. The number of hydrogen-bond donors (Lipinski definition) is 1. The molecule has 0 aromatic heterocycles. The maximum Gasteiger partial charge on any atom is 0.251 e. The fourth-order valence-corrected chi connectivity index (χ4v) is 4.01. The predicted octanol–water partition coefficient (Wildman–Crippen LogP) is 4.38. The van der Waals surface area contributed by atoms with E-state index in [1.54, 1.807) is 11.8 Å².